The van der Waals surface area contributed by atoms with Gasteiger partial charge in [-0.1, -0.05) is 11.6 Å². The molecule has 1 atom stereocenters. The van der Waals surface area contributed by atoms with Gasteiger partial charge in [0, 0.05) is 30.2 Å². The second-order valence-corrected chi connectivity index (χ2v) is 6.39. The molecule has 0 aromatic heterocycles. The minimum absolute atomic E-state index is 0.00393. The minimum Gasteiger partial charge on any atom is -0.365 e. The Balaban J connectivity index is 1.76. The summed E-state index contributed by atoms with van der Waals surface area (Å²) in [6.45, 7) is 1.23. The molecular weight excluding hydrogens is 306 g/mol. The molecule has 7 heteroatoms. The van der Waals surface area contributed by atoms with Crippen LogP contribution in [-0.4, -0.2) is 30.0 Å². The van der Waals surface area contributed by atoms with E-state index in [1.807, 2.05) is 4.90 Å². The molecule has 1 aliphatic carbocycles. The van der Waals surface area contributed by atoms with E-state index in [2.05, 4.69) is 5.32 Å². The first-order valence-electron chi connectivity index (χ1n) is 7.54. The monoisotopic (exact) mass is 323 g/mol. The summed E-state index contributed by atoms with van der Waals surface area (Å²) >= 11 is 5.86. The molecule has 1 aromatic rings. The number of nitro groups is 1. The molecule has 1 saturated carbocycles. The predicted molar refractivity (Wildman–Crippen MR) is 84.2 cm³/mol. The van der Waals surface area contributed by atoms with Crippen molar-refractivity contribution in [1.82, 2.24) is 5.32 Å². The maximum Gasteiger partial charge on any atom is 0.294 e. The normalized spacial score (nSPS) is 21.5. The molecule has 2 aliphatic rings. The van der Waals surface area contributed by atoms with Crippen LogP contribution in [0.4, 0.5) is 11.4 Å². The molecule has 1 saturated heterocycles. The zero-order valence-corrected chi connectivity index (χ0v) is 12.9. The SMILES string of the molecule is O=C(NC1CC1)[C@@H]1CCCN(c2ccc(Cl)cc2[N+](=O)[O-])C1. The smallest absolute Gasteiger partial charge is 0.294 e. The van der Waals surface area contributed by atoms with Gasteiger partial charge in [0.15, 0.2) is 0 Å². The Morgan fingerprint density at radius 2 is 2.14 bits per heavy atom. The zero-order valence-electron chi connectivity index (χ0n) is 12.1. The molecule has 1 aromatic carbocycles. The van der Waals surface area contributed by atoms with Gasteiger partial charge in [-0.2, -0.15) is 0 Å². The second kappa shape index (κ2) is 6.12. The number of benzene rings is 1. The third-order valence-corrected chi connectivity index (χ3v) is 4.43. The third-order valence-electron chi connectivity index (χ3n) is 4.19. The van der Waals surface area contributed by atoms with Crippen LogP contribution < -0.4 is 10.2 Å². The van der Waals surface area contributed by atoms with E-state index in [0.717, 1.165) is 32.2 Å². The number of hydrogen-bond donors (Lipinski definition) is 1. The standard InChI is InChI=1S/C15H18ClN3O3/c16-11-3-6-13(14(8-11)19(21)22)18-7-1-2-10(9-18)15(20)17-12-4-5-12/h3,6,8,10,12H,1-2,4-5,7,9H2,(H,17,20)/t10-/m1/s1. The van der Waals surface area contributed by atoms with Gasteiger partial charge in [0.05, 0.1) is 10.8 Å². The number of nitrogens with zero attached hydrogens (tertiary/aromatic N) is 2. The first kappa shape index (κ1) is 15.1. The summed E-state index contributed by atoms with van der Waals surface area (Å²) in [4.78, 5) is 24.9. The molecule has 6 nitrogen and oxygen atoms in total. The fourth-order valence-corrected chi connectivity index (χ4v) is 3.03. The number of carbonyl (C=O) groups excluding carboxylic acids is 1. The van der Waals surface area contributed by atoms with Gasteiger partial charge < -0.3 is 10.2 Å². The van der Waals surface area contributed by atoms with Gasteiger partial charge in [0.1, 0.15) is 5.69 Å². The van der Waals surface area contributed by atoms with Crippen LogP contribution in [0.2, 0.25) is 5.02 Å². The first-order valence-corrected chi connectivity index (χ1v) is 7.91. The molecule has 3 rings (SSSR count). The van der Waals surface area contributed by atoms with E-state index in [4.69, 9.17) is 11.6 Å². The van der Waals surface area contributed by atoms with Crippen LogP contribution in [0.15, 0.2) is 18.2 Å². The number of amides is 1. The lowest BCUT2D eigenvalue weighted by atomic mass is 9.96. The summed E-state index contributed by atoms with van der Waals surface area (Å²) in [7, 11) is 0. The van der Waals surface area contributed by atoms with Gasteiger partial charge in [-0.3, -0.25) is 14.9 Å². The highest BCUT2D eigenvalue weighted by atomic mass is 35.5. The van der Waals surface area contributed by atoms with Crippen LogP contribution in [0, 0.1) is 16.0 Å². The highest BCUT2D eigenvalue weighted by molar-refractivity contribution is 6.30. The van der Waals surface area contributed by atoms with Crippen molar-refractivity contribution in [2.24, 2.45) is 5.92 Å². The van der Waals surface area contributed by atoms with E-state index in [0.29, 0.717) is 23.3 Å². The molecule has 1 heterocycles. The first-order chi connectivity index (χ1) is 10.5. The van der Waals surface area contributed by atoms with Crippen molar-refractivity contribution in [2.75, 3.05) is 18.0 Å². The van der Waals surface area contributed by atoms with Gasteiger partial charge in [0.2, 0.25) is 5.91 Å². The fourth-order valence-electron chi connectivity index (χ4n) is 2.87. The van der Waals surface area contributed by atoms with Crippen LogP contribution in [0.25, 0.3) is 0 Å². The lowest BCUT2D eigenvalue weighted by Crippen LogP contribution is -2.43. The highest BCUT2D eigenvalue weighted by Crippen LogP contribution is 2.34. The lowest BCUT2D eigenvalue weighted by molar-refractivity contribution is -0.384. The van der Waals surface area contributed by atoms with Gasteiger partial charge in [-0.15, -0.1) is 0 Å². The average molecular weight is 324 g/mol. The van der Waals surface area contributed by atoms with E-state index in [9.17, 15) is 14.9 Å². The van der Waals surface area contributed by atoms with Crippen LogP contribution in [-0.2, 0) is 4.79 Å². The molecule has 22 heavy (non-hydrogen) atoms. The maximum atomic E-state index is 12.2. The summed E-state index contributed by atoms with van der Waals surface area (Å²) in [6.07, 6.45) is 3.80. The number of rotatable bonds is 4. The second-order valence-electron chi connectivity index (χ2n) is 5.96. The summed E-state index contributed by atoms with van der Waals surface area (Å²) in [5, 5.41) is 14.6. The Kier molecular flexibility index (Phi) is 4.20. The number of anilines is 1. The molecule has 1 aliphatic heterocycles. The van der Waals surface area contributed by atoms with Gasteiger partial charge in [0.25, 0.3) is 5.69 Å². The molecule has 1 amide bonds. The van der Waals surface area contributed by atoms with Gasteiger partial charge >= 0.3 is 0 Å². The average Bonchev–Trinajstić information content (AvgIpc) is 3.31. The van der Waals surface area contributed by atoms with Crippen LogP contribution in [0.1, 0.15) is 25.7 Å². The van der Waals surface area contributed by atoms with Crippen LogP contribution in [0.5, 0.6) is 0 Å². The summed E-state index contributed by atoms with van der Waals surface area (Å²) in [5.74, 6) is -0.0338. The van der Waals surface area contributed by atoms with Crippen molar-refractivity contribution in [3.63, 3.8) is 0 Å². The lowest BCUT2D eigenvalue weighted by Gasteiger charge is -2.33. The van der Waals surface area contributed by atoms with E-state index in [1.165, 1.54) is 6.07 Å². The molecular formula is C15H18ClN3O3. The zero-order chi connectivity index (χ0) is 15.7. The fraction of sp³-hybridized carbons (Fsp3) is 0.533. The van der Waals surface area contributed by atoms with Gasteiger partial charge in [-0.05, 0) is 37.8 Å². The summed E-state index contributed by atoms with van der Waals surface area (Å²) < 4.78 is 0. The van der Waals surface area contributed by atoms with Crippen LogP contribution in [0.3, 0.4) is 0 Å². The predicted octanol–water partition coefficient (Wildman–Crippen LogP) is 2.74. The van der Waals surface area contributed by atoms with Crippen molar-refractivity contribution in [2.45, 2.75) is 31.7 Å². The Bertz CT molecular complexity index is 604. The number of piperidine rings is 1. The van der Waals surface area contributed by atoms with Crippen molar-refractivity contribution in [3.8, 4) is 0 Å². The molecule has 0 spiro atoms. The van der Waals surface area contributed by atoms with E-state index >= 15 is 0 Å². The molecule has 1 N–H and O–H groups in total. The Morgan fingerprint density at radius 1 is 1.36 bits per heavy atom. The van der Waals surface area contributed by atoms with E-state index in [-0.39, 0.29) is 17.5 Å². The molecule has 0 unspecified atom stereocenters. The highest BCUT2D eigenvalue weighted by Gasteiger charge is 2.32. The Labute approximate surface area is 133 Å². The summed E-state index contributed by atoms with van der Waals surface area (Å²) in [6, 6.07) is 5.03. The molecule has 2 fully saturated rings. The van der Waals surface area contributed by atoms with Crippen molar-refractivity contribution >= 4 is 28.9 Å². The third kappa shape index (κ3) is 3.32. The van der Waals surface area contributed by atoms with Crippen molar-refractivity contribution < 1.29 is 9.72 Å². The Morgan fingerprint density at radius 3 is 2.82 bits per heavy atom. The number of carbonyl (C=O) groups is 1. The van der Waals surface area contributed by atoms with Crippen molar-refractivity contribution in [1.29, 1.82) is 0 Å². The quantitative estimate of drug-likeness (QED) is 0.683. The molecule has 118 valence electrons. The summed E-state index contributed by atoms with van der Waals surface area (Å²) in [5.41, 5.74) is 0.536. The maximum absolute atomic E-state index is 12.2. The number of halogens is 1. The number of nitrogens with one attached hydrogen (secondary N) is 1. The van der Waals surface area contributed by atoms with Crippen molar-refractivity contribution in [3.05, 3.63) is 33.3 Å². The van der Waals surface area contributed by atoms with E-state index < -0.39 is 4.92 Å². The Hall–Kier alpha value is -1.82. The van der Waals surface area contributed by atoms with Crippen LogP contribution >= 0.6 is 11.6 Å². The molecule has 0 bridgehead atoms. The largest absolute Gasteiger partial charge is 0.365 e. The van der Waals surface area contributed by atoms with Gasteiger partial charge in [-0.25, -0.2) is 0 Å². The molecule has 0 radical (unpaired) electrons. The van der Waals surface area contributed by atoms with E-state index in [1.54, 1.807) is 12.1 Å². The number of nitro benzene ring substituents is 1. The number of hydrogen-bond acceptors (Lipinski definition) is 4. The minimum atomic E-state index is -0.422. The topological polar surface area (TPSA) is 75.5 Å².